The third-order valence-corrected chi connectivity index (χ3v) is 4.71. The highest BCUT2D eigenvalue weighted by Crippen LogP contribution is 2.44. The SMILES string of the molecule is COC(=O)C1=C(N)Oc2c(c(=O)oc3ccccc23)C1c1ccc(OC)cc1. The number of nitrogens with two attached hydrogens (primary N) is 1. The van der Waals surface area contributed by atoms with Gasteiger partial charge in [-0.1, -0.05) is 24.3 Å². The van der Waals surface area contributed by atoms with E-state index in [1.54, 1.807) is 55.6 Å². The Morgan fingerprint density at radius 2 is 1.79 bits per heavy atom. The Bertz CT molecular complexity index is 1160. The van der Waals surface area contributed by atoms with E-state index in [-0.39, 0.29) is 22.8 Å². The summed E-state index contributed by atoms with van der Waals surface area (Å²) in [7, 11) is 2.80. The number of methoxy groups -OCH3 is 2. The van der Waals surface area contributed by atoms with E-state index >= 15 is 0 Å². The van der Waals surface area contributed by atoms with Crippen molar-refractivity contribution in [2.24, 2.45) is 5.73 Å². The lowest BCUT2D eigenvalue weighted by atomic mass is 9.83. The van der Waals surface area contributed by atoms with Crippen molar-refractivity contribution < 1.29 is 23.4 Å². The summed E-state index contributed by atoms with van der Waals surface area (Å²) in [4.78, 5) is 25.3. The van der Waals surface area contributed by atoms with Crippen LogP contribution in [0.3, 0.4) is 0 Å². The third-order valence-electron chi connectivity index (χ3n) is 4.71. The highest BCUT2D eigenvalue weighted by atomic mass is 16.5. The van der Waals surface area contributed by atoms with Crippen molar-refractivity contribution in [3.63, 3.8) is 0 Å². The van der Waals surface area contributed by atoms with E-state index in [9.17, 15) is 9.59 Å². The standard InChI is InChI=1S/C21H17NO6/c1-25-12-9-7-11(8-10-12)15-16-18(28-19(22)17(15)20(23)26-2)13-5-3-4-6-14(13)27-21(16)24/h3-10,15H,22H2,1-2H3. The number of ether oxygens (including phenoxy) is 3. The molecule has 0 radical (unpaired) electrons. The lowest BCUT2D eigenvalue weighted by molar-refractivity contribution is -0.136. The maximum atomic E-state index is 12.9. The average molecular weight is 379 g/mol. The molecular weight excluding hydrogens is 362 g/mol. The summed E-state index contributed by atoms with van der Waals surface area (Å²) in [6.07, 6.45) is 0. The van der Waals surface area contributed by atoms with Gasteiger partial charge in [0.15, 0.2) is 5.75 Å². The molecule has 0 bridgehead atoms. The lowest BCUT2D eigenvalue weighted by Crippen LogP contribution is -2.30. The molecule has 0 spiro atoms. The molecule has 0 saturated carbocycles. The molecule has 1 unspecified atom stereocenters. The topological polar surface area (TPSA) is 101 Å². The van der Waals surface area contributed by atoms with Gasteiger partial charge in [-0.2, -0.15) is 0 Å². The van der Waals surface area contributed by atoms with Crippen molar-refractivity contribution in [3.8, 4) is 11.5 Å². The molecule has 28 heavy (non-hydrogen) atoms. The van der Waals surface area contributed by atoms with Crippen LogP contribution in [-0.4, -0.2) is 20.2 Å². The molecule has 1 aliphatic heterocycles. The van der Waals surface area contributed by atoms with Crippen molar-refractivity contribution in [3.05, 3.63) is 81.5 Å². The van der Waals surface area contributed by atoms with Crippen molar-refractivity contribution in [2.75, 3.05) is 14.2 Å². The summed E-state index contributed by atoms with van der Waals surface area (Å²) in [6, 6.07) is 13.9. The predicted octanol–water partition coefficient (Wildman–Crippen LogP) is 2.67. The summed E-state index contributed by atoms with van der Waals surface area (Å²) < 4.78 is 21.3. The number of hydrogen-bond acceptors (Lipinski definition) is 7. The van der Waals surface area contributed by atoms with E-state index < -0.39 is 17.5 Å². The van der Waals surface area contributed by atoms with Crippen LogP contribution in [-0.2, 0) is 9.53 Å². The van der Waals surface area contributed by atoms with Crippen LogP contribution in [0.25, 0.3) is 11.0 Å². The molecule has 1 aromatic heterocycles. The maximum Gasteiger partial charge on any atom is 0.344 e. The van der Waals surface area contributed by atoms with Crippen LogP contribution in [0.1, 0.15) is 17.0 Å². The summed E-state index contributed by atoms with van der Waals surface area (Å²) in [6.45, 7) is 0. The molecule has 2 N–H and O–H groups in total. The van der Waals surface area contributed by atoms with Crippen LogP contribution in [0, 0.1) is 0 Å². The maximum absolute atomic E-state index is 12.9. The average Bonchev–Trinajstić information content (AvgIpc) is 2.72. The fraction of sp³-hybridized carbons (Fsp3) is 0.143. The van der Waals surface area contributed by atoms with Gasteiger partial charge in [-0.3, -0.25) is 0 Å². The molecule has 4 rings (SSSR count). The first-order valence-corrected chi connectivity index (χ1v) is 8.50. The number of carbonyl (C=O) groups is 1. The summed E-state index contributed by atoms with van der Waals surface area (Å²) in [5.41, 5.74) is 6.74. The van der Waals surface area contributed by atoms with Crippen molar-refractivity contribution in [1.82, 2.24) is 0 Å². The molecule has 0 amide bonds. The van der Waals surface area contributed by atoms with Crippen molar-refractivity contribution in [2.45, 2.75) is 5.92 Å². The van der Waals surface area contributed by atoms with E-state index in [0.717, 1.165) is 0 Å². The molecule has 7 nitrogen and oxygen atoms in total. The lowest BCUT2D eigenvalue weighted by Gasteiger charge is -2.27. The Labute approximate surface area is 159 Å². The molecule has 3 aromatic rings. The van der Waals surface area contributed by atoms with Crippen LogP contribution >= 0.6 is 0 Å². The van der Waals surface area contributed by atoms with E-state index in [1.165, 1.54) is 7.11 Å². The first kappa shape index (κ1) is 17.7. The van der Waals surface area contributed by atoms with E-state index in [2.05, 4.69) is 0 Å². The van der Waals surface area contributed by atoms with Gasteiger partial charge in [0.2, 0.25) is 5.88 Å². The Balaban J connectivity index is 2.03. The van der Waals surface area contributed by atoms with Crippen molar-refractivity contribution >= 4 is 16.9 Å². The van der Waals surface area contributed by atoms with Gasteiger partial charge in [0.1, 0.15) is 16.9 Å². The number of benzene rings is 2. The zero-order valence-electron chi connectivity index (χ0n) is 15.2. The highest BCUT2D eigenvalue weighted by molar-refractivity contribution is 5.94. The minimum Gasteiger partial charge on any atom is -0.497 e. The zero-order valence-corrected chi connectivity index (χ0v) is 15.2. The van der Waals surface area contributed by atoms with Crippen LogP contribution in [0.15, 0.2) is 69.2 Å². The highest BCUT2D eigenvalue weighted by Gasteiger charge is 2.39. The van der Waals surface area contributed by atoms with Gasteiger partial charge < -0.3 is 24.4 Å². The van der Waals surface area contributed by atoms with Gasteiger partial charge in [-0.05, 0) is 29.8 Å². The molecule has 0 saturated heterocycles. The van der Waals surface area contributed by atoms with Gasteiger partial charge in [-0.15, -0.1) is 0 Å². The summed E-state index contributed by atoms with van der Waals surface area (Å²) in [5.74, 6) is -0.689. The number of rotatable bonds is 3. The summed E-state index contributed by atoms with van der Waals surface area (Å²) >= 11 is 0. The second-order valence-electron chi connectivity index (χ2n) is 6.21. The fourth-order valence-electron chi connectivity index (χ4n) is 3.40. The molecule has 2 heterocycles. The first-order chi connectivity index (χ1) is 13.5. The number of para-hydroxylation sites is 1. The molecule has 7 heteroatoms. The number of carbonyl (C=O) groups excluding carboxylic acids is 1. The van der Waals surface area contributed by atoms with E-state index in [4.69, 9.17) is 24.4 Å². The Kier molecular flexibility index (Phi) is 4.27. The molecule has 142 valence electrons. The van der Waals surface area contributed by atoms with Crippen LogP contribution < -0.4 is 20.8 Å². The van der Waals surface area contributed by atoms with Gasteiger partial charge >= 0.3 is 11.6 Å². The second kappa shape index (κ2) is 6.77. The van der Waals surface area contributed by atoms with Gasteiger partial charge in [-0.25, -0.2) is 9.59 Å². The van der Waals surface area contributed by atoms with Crippen LogP contribution in [0.5, 0.6) is 11.5 Å². The minimum absolute atomic E-state index is 0.0442. The Morgan fingerprint density at radius 1 is 1.07 bits per heavy atom. The van der Waals surface area contributed by atoms with Crippen LogP contribution in [0.4, 0.5) is 0 Å². The largest absolute Gasteiger partial charge is 0.497 e. The van der Waals surface area contributed by atoms with E-state index in [0.29, 0.717) is 22.3 Å². The number of fused-ring (bicyclic) bond motifs is 3. The van der Waals surface area contributed by atoms with Gasteiger partial charge in [0.25, 0.3) is 0 Å². The second-order valence-corrected chi connectivity index (χ2v) is 6.21. The molecule has 1 aliphatic rings. The van der Waals surface area contributed by atoms with Crippen molar-refractivity contribution in [1.29, 1.82) is 0 Å². The summed E-state index contributed by atoms with van der Waals surface area (Å²) in [5, 5.41) is 0.586. The van der Waals surface area contributed by atoms with Gasteiger partial charge in [0.05, 0.1) is 31.1 Å². The monoisotopic (exact) mass is 379 g/mol. The predicted molar refractivity (Wildman–Crippen MR) is 101 cm³/mol. The Hall–Kier alpha value is -3.74. The quantitative estimate of drug-likeness (QED) is 0.551. The number of hydrogen-bond donors (Lipinski definition) is 1. The molecule has 0 aliphatic carbocycles. The molecule has 0 fully saturated rings. The fourth-order valence-corrected chi connectivity index (χ4v) is 3.40. The molecular formula is C21H17NO6. The first-order valence-electron chi connectivity index (χ1n) is 8.50. The normalized spacial score (nSPS) is 15.7. The molecule has 2 aromatic carbocycles. The Morgan fingerprint density at radius 3 is 2.46 bits per heavy atom. The van der Waals surface area contributed by atoms with E-state index in [1.807, 2.05) is 0 Å². The number of esters is 1. The minimum atomic E-state index is -0.803. The van der Waals surface area contributed by atoms with Gasteiger partial charge in [0, 0.05) is 0 Å². The van der Waals surface area contributed by atoms with Crippen LogP contribution in [0.2, 0.25) is 0 Å². The smallest absolute Gasteiger partial charge is 0.344 e. The molecule has 1 atom stereocenters. The zero-order chi connectivity index (χ0) is 19.8. The third kappa shape index (κ3) is 2.68.